The Balaban J connectivity index is 3.59. The standard InChI is InChI=1S/C10H7ClF3NO3S/c1-2-6-3-8(18-10(12,13)14)7(5-15)9(4-6)19(11,16)17/h3-4H,2H2,1H3. The number of aryl methyl sites for hydroxylation is 1. The molecule has 1 aromatic rings. The molecular weight excluding hydrogens is 307 g/mol. The maximum absolute atomic E-state index is 12.2. The first kappa shape index (κ1) is 15.6. The molecule has 0 unspecified atom stereocenters. The molecule has 0 saturated heterocycles. The minimum atomic E-state index is -5.04. The van der Waals surface area contributed by atoms with Gasteiger partial charge >= 0.3 is 6.36 Å². The van der Waals surface area contributed by atoms with Crippen molar-refractivity contribution >= 4 is 19.7 Å². The first-order valence-electron chi connectivity index (χ1n) is 4.86. The highest BCUT2D eigenvalue weighted by Gasteiger charge is 2.34. The number of hydrogen-bond donors (Lipinski definition) is 0. The lowest BCUT2D eigenvalue weighted by Gasteiger charge is -2.13. The Kier molecular flexibility index (Phi) is 4.32. The average Bonchev–Trinajstić information content (AvgIpc) is 2.24. The number of hydrogen-bond acceptors (Lipinski definition) is 4. The Morgan fingerprint density at radius 2 is 2.00 bits per heavy atom. The molecule has 0 saturated carbocycles. The minimum Gasteiger partial charge on any atom is -0.404 e. The van der Waals surface area contributed by atoms with Crippen LogP contribution in [-0.2, 0) is 15.5 Å². The van der Waals surface area contributed by atoms with Crippen LogP contribution in [0.5, 0.6) is 5.75 Å². The Morgan fingerprint density at radius 3 is 2.37 bits per heavy atom. The van der Waals surface area contributed by atoms with Gasteiger partial charge < -0.3 is 4.74 Å². The molecule has 0 aromatic heterocycles. The maximum atomic E-state index is 12.2. The van der Waals surface area contributed by atoms with Gasteiger partial charge in [0.05, 0.1) is 0 Å². The van der Waals surface area contributed by atoms with E-state index in [2.05, 4.69) is 4.74 Å². The van der Waals surface area contributed by atoms with Gasteiger partial charge in [-0.15, -0.1) is 13.2 Å². The van der Waals surface area contributed by atoms with Gasteiger partial charge in [0.15, 0.2) is 0 Å². The summed E-state index contributed by atoms with van der Waals surface area (Å²) in [6.45, 7) is 1.60. The maximum Gasteiger partial charge on any atom is 0.573 e. The Bertz CT molecular complexity index is 635. The summed E-state index contributed by atoms with van der Waals surface area (Å²) in [4.78, 5) is -0.699. The monoisotopic (exact) mass is 313 g/mol. The molecule has 0 fully saturated rings. The molecule has 0 atom stereocenters. The summed E-state index contributed by atoms with van der Waals surface area (Å²) in [6.07, 6.45) is -4.79. The van der Waals surface area contributed by atoms with Crippen LogP contribution < -0.4 is 4.74 Å². The molecule has 0 aliphatic heterocycles. The van der Waals surface area contributed by atoms with Crippen molar-refractivity contribution in [3.8, 4) is 11.8 Å². The number of ether oxygens (including phenoxy) is 1. The molecule has 9 heteroatoms. The van der Waals surface area contributed by atoms with Gasteiger partial charge in [0.1, 0.15) is 22.3 Å². The lowest BCUT2D eigenvalue weighted by Crippen LogP contribution is -2.18. The second kappa shape index (κ2) is 5.27. The van der Waals surface area contributed by atoms with Crippen LogP contribution in [0.2, 0.25) is 0 Å². The van der Waals surface area contributed by atoms with E-state index < -0.39 is 31.6 Å². The highest BCUT2D eigenvalue weighted by atomic mass is 35.7. The molecule has 0 aliphatic carbocycles. The number of alkyl halides is 3. The number of nitrogens with zero attached hydrogens (tertiary/aromatic N) is 1. The normalized spacial score (nSPS) is 12.0. The first-order valence-corrected chi connectivity index (χ1v) is 7.17. The van der Waals surface area contributed by atoms with E-state index in [1.165, 1.54) is 6.07 Å². The lowest BCUT2D eigenvalue weighted by molar-refractivity contribution is -0.274. The molecule has 0 aliphatic rings. The fraction of sp³-hybridized carbons (Fsp3) is 0.300. The van der Waals surface area contributed by atoms with Crippen LogP contribution in [0.25, 0.3) is 0 Å². The molecule has 0 bridgehead atoms. The number of rotatable bonds is 3. The van der Waals surface area contributed by atoms with Crippen molar-refractivity contribution in [2.75, 3.05) is 0 Å². The molecular formula is C10H7ClF3NO3S. The van der Waals surface area contributed by atoms with Crippen LogP contribution in [0, 0.1) is 11.3 Å². The molecule has 104 valence electrons. The van der Waals surface area contributed by atoms with Crippen LogP contribution in [0.4, 0.5) is 13.2 Å². The zero-order valence-corrected chi connectivity index (χ0v) is 11.0. The SMILES string of the molecule is CCc1cc(OC(F)(F)F)c(C#N)c(S(=O)(=O)Cl)c1. The number of benzene rings is 1. The summed E-state index contributed by atoms with van der Waals surface area (Å²) in [7, 11) is 0.745. The van der Waals surface area contributed by atoms with Crippen molar-refractivity contribution in [2.24, 2.45) is 0 Å². The van der Waals surface area contributed by atoms with E-state index in [4.69, 9.17) is 15.9 Å². The second-order valence-electron chi connectivity index (χ2n) is 3.42. The van der Waals surface area contributed by atoms with Crippen LogP contribution in [0.15, 0.2) is 17.0 Å². The summed E-state index contributed by atoms with van der Waals surface area (Å²) in [5, 5.41) is 8.80. The van der Waals surface area contributed by atoms with E-state index >= 15 is 0 Å². The van der Waals surface area contributed by atoms with Crippen LogP contribution in [-0.4, -0.2) is 14.8 Å². The molecule has 1 aromatic carbocycles. The molecule has 19 heavy (non-hydrogen) atoms. The second-order valence-corrected chi connectivity index (χ2v) is 5.95. The van der Waals surface area contributed by atoms with E-state index in [1.54, 1.807) is 6.92 Å². The summed E-state index contributed by atoms with van der Waals surface area (Å²) < 4.78 is 62.8. The van der Waals surface area contributed by atoms with Gasteiger partial charge in [0, 0.05) is 10.7 Å². The van der Waals surface area contributed by atoms with Crippen molar-refractivity contribution in [1.29, 1.82) is 5.26 Å². The summed E-state index contributed by atoms with van der Waals surface area (Å²) >= 11 is 0. The van der Waals surface area contributed by atoms with Crippen molar-refractivity contribution in [2.45, 2.75) is 24.6 Å². The third kappa shape index (κ3) is 4.01. The van der Waals surface area contributed by atoms with E-state index in [-0.39, 0.29) is 12.0 Å². The molecule has 0 heterocycles. The fourth-order valence-electron chi connectivity index (χ4n) is 1.36. The van der Waals surface area contributed by atoms with Gasteiger partial charge in [-0.3, -0.25) is 0 Å². The Hall–Kier alpha value is -1.46. The molecule has 0 radical (unpaired) electrons. The van der Waals surface area contributed by atoms with Crippen molar-refractivity contribution in [1.82, 2.24) is 0 Å². The van der Waals surface area contributed by atoms with Gasteiger partial charge in [-0.05, 0) is 24.1 Å². The van der Waals surface area contributed by atoms with E-state index in [0.717, 1.165) is 12.1 Å². The summed E-state index contributed by atoms with van der Waals surface area (Å²) in [5.41, 5.74) is -0.526. The molecule has 4 nitrogen and oxygen atoms in total. The van der Waals surface area contributed by atoms with E-state index in [1.807, 2.05) is 0 Å². The van der Waals surface area contributed by atoms with Gasteiger partial charge in [0.25, 0.3) is 9.05 Å². The third-order valence-corrected chi connectivity index (χ3v) is 3.48. The molecule has 0 amide bonds. The summed E-state index contributed by atoms with van der Waals surface area (Å²) in [5.74, 6) is -0.881. The molecule has 0 spiro atoms. The predicted octanol–water partition coefficient (Wildman–Crippen LogP) is 2.95. The number of halogens is 4. The first-order chi connectivity index (χ1) is 8.58. The third-order valence-electron chi connectivity index (χ3n) is 2.13. The van der Waals surface area contributed by atoms with Gasteiger partial charge in [-0.1, -0.05) is 6.92 Å². The van der Waals surface area contributed by atoms with Crippen molar-refractivity contribution in [3.05, 3.63) is 23.3 Å². The molecule has 1 rings (SSSR count). The zero-order valence-electron chi connectivity index (χ0n) is 9.45. The fourth-order valence-corrected chi connectivity index (χ4v) is 2.40. The molecule has 0 N–H and O–H groups in total. The highest BCUT2D eigenvalue weighted by molar-refractivity contribution is 8.13. The number of nitriles is 1. The van der Waals surface area contributed by atoms with Crippen molar-refractivity contribution in [3.63, 3.8) is 0 Å². The Labute approximate surface area is 111 Å². The largest absolute Gasteiger partial charge is 0.573 e. The lowest BCUT2D eigenvalue weighted by atomic mass is 10.1. The topological polar surface area (TPSA) is 67.2 Å². The van der Waals surface area contributed by atoms with Crippen molar-refractivity contribution < 1.29 is 26.3 Å². The van der Waals surface area contributed by atoms with E-state index in [0.29, 0.717) is 0 Å². The Morgan fingerprint density at radius 1 is 1.42 bits per heavy atom. The van der Waals surface area contributed by atoms with Crippen LogP contribution in [0.1, 0.15) is 18.1 Å². The highest BCUT2D eigenvalue weighted by Crippen LogP contribution is 2.33. The summed E-state index contributed by atoms with van der Waals surface area (Å²) in [6, 6.07) is 3.36. The minimum absolute atomic E-state index is 0.248. The van der Waals surface area contributed by atoms with E-state index in [9.17, 15) is 21.6 Å². The predicted molar refractivity (Wildman–Crippen MR) is 60.3 cm³/mol. The van der Waals surface area contributed by atoms with Gasteiger partial charge in [0.2, 0.25) is 0 Å². The smallest absolute Gasteiger partial charge is 0.404 e. The van der Waals surface area contributed by atoms with Gasteiger partial charge in [-0.25, -0.2) is 8.42 Å². The van der Waals surface area contributed by atoms with Crippen LogP contribution >= 0.6 is 10.7 Å². The zero-order chi connectivity index (χ0) is 14.8. The average molecular weight is 314 g/mol. The quantitative estimate of drug-likeness (QED) is 0.805. The van der Waals surface area contributed by atoms with Gasteiger partial charge in [-0.2, -0.15) is 5.26 Å². The van der Waals surface area contributed by atoms with Crippen LogP contribution in [0.3, 0.4) is 0 Å².